The first-order valence-corrected chi connectivity index (χ1v) is 7.61. The molecule has 0 aliphatic rings. The second-order valence-electron chi connectivity index (χ2n) is 5.98. The van der Waals surface area contributed by atoms with Crippen LogP contribution in [0.3, 0.4) is 0 Å². The van der Waals surface area contributed by atoms with Crippen LogP contribution in [0.1, 0.15) is 46.1 Å². The van der Waals surface area contributed by atoms with E-state index in [-0.39, 0.29) is 5.54 Å². The summed E-state index contributed by atoms with van der Waals surface area (Å²) in [7, 11) is 0. The van der Waals surface area contributed by atoms with Crippen LogP contribution >= 0.6 is 0 Å². The van der Waals surface area contributed by atoms with Gasteiger partial charge < -0.3 is 15.2 Å². The molecule has 0 radical (unpaired) electrons. The molecule has 0 aliphatic heterocycles. The summed E-state index contributed by atoms with van der Waals surface area (Å²) in [6.45, 7) is 9.49. The zero-order valence-corrected chi connectivity index (χ0v) is 13.3. The number of hydrogen-bond donors (Lipinski definition) is 2. The number of rotatable bonds is 9. The standard InChI is InChI=1S/C17H29NO2/c1-5-11-17(3,4)18-12-15(19)13-20-16-9-7-14(6-2)8-10-16/h7-10,15,18-19H,5-6,11-13H2,1-4H3. The van der Waals surface area contributed by atoms with E-state index >= 15 is 0 Å². The lowest BCUT2D eigenvalue weighted by molar-refractivity contribution is 0.0981. The first kappa shape index (κ1) is 17.0. The Morgan fingerprint density at radius 3 is 2.40 bits per heavy atom. The van der Waals surface area contributed by atoms with E-state index in [1.54, 1.807) is 0 Å². The fourth-order valence-corrected chi connectivity index (χ4v) is 2.18. The minimum atomic E-state index is -0.489. The molecule has 1 atom stereocenters. The predicted molar refractivity (Wildman–Crippen MR) is 84.3 cm³/mol. The third-order valence-electron chi connectivity index (χ3n) is 3.47. The van der Waals surface area contributed by atoms with Crippen LogP contribution in [0.4, 0.5) is 0 Å². The molecule has 1 aromatic carbocycles. The van der Waals surface area contributed by atoms with Crippen LogP contribution in [0.5, 0.6) is 5.75 Å². The van der Waals surface area contributed by atoms with Crippen LogP contribution in [0.15, 0.2) is 24.3 Å². The van der Waals surface area contributed by atoms with Crippen LogP contribution in [0, 0.1) is 0 Å². The summed E-state index contributed by atoms with van der Waals surface area (Å²) in [5.74, 6) is 0.814. The van der Waals surface area contributed by atoms with Gasteiger partial charge in [-0.15, -0.1) is 0 Å². The van der Waals surface area contributed by atoms with E-state index in [0.717, 1.165) is 25.0 Å². The van der Waals surface area contributed by atoms with Gasteiger partial charge >= 0.3 is 0 Å². The lowest BCUT2D eigenvalue weighted by Crippen LogP contribution is -2.44. The maximum atomic E-state index is 9.96. The molecule has 0 heterocycles. The first-order chi connectivity index (χ1) is 9.46. The van der Waals surface area contributed by atoms with Crippen molar-refractivity contribution in [3.63, 3.8) is 0 Å². The molecule has 3 nitrogen and oxygen atoms in total. The van der Waals surface area contributed by atoms with Gasteiger partial charge in [-0.05, 0) is 44.4 Å². The molecule has 0 spiro atoms. The SMILES string of the molecule is CCCC(C)(C)NCC(O)COc1ccc(CC)cc1. The van der Waals surface area contributed by atoms with Gasteiger partial charge in [0.1, 0.15) is 18.5 Å². The molecular formula is C17H29NO2. The Labute approximate surface area is 123 Å². The van der Waals surface area contributed by atoms with Crippen molar-refractivity contribution >= 4 is 0 Å². The predicted octanol–water partition coefficient (Wildman–Crippen LogP) is 3.16. The molecule has 1 unspecified atom stereocenters. The molecule has 0 fully saturated rings. The van der Waals surface area contributed by atoms with Crippen molar-refractivity contribution in [2.45, 2.75) is 58.6 Å². The first-order valence-electron chi connectivity index (χ1n) is 7.61. The highest BCUT2D eigenvalue weighted by atomic mass is 16.5. The van der Waals surface area contributed by atoms with Crippen molar-refractivity contribution in [1.82, 2.24) is 5.32 Å². The van der Waals surface area contributed by atoms with E-state index in [4.69, 9.17) is 4.74 Å². The van der Waals surface area contributed by atoms with Crippen LogP contribution in [-0.4, -0.2) is 29.9 Å². The Balaban J connectivity index is 2.30. The molecule has 2 N–H and O–H groups in total. The molecule has 1 aromatic rings. The number of aryl methyl sites for hydroxylation is 1. The molecule has 20 heavy (non-hydrogen) atoms. The highest BCUT2D eigenvalue weighted by Crippen LogP contribution is 2.13. The van der Waals surface area contributed by atoms with Crippen LogP contribution in [-0.2, 0) is 6.42 Å². The quantitative estimate of drug-likeness (QED) is 0.729. The van der Waals surface area contributed by atoms with Gasteiger partial charge in [0.2, 0.25) is 0 Å². The minimum absolute atomic E-state index is 0.0680. The number of benzene rings is 1. The lowest BCUT2D eigenvalue weighted by Gasteiger charge is -2.27. The van der Waals surface area contributed by atoms with E-state index < -0.39 is 6.10 Å². The van der Waals surface area contributed by atoms with Crippen molar-refractivity contribution in [3.05, 3.63) is 29.8 Å². The molecule has 0 aromatic heterocycles. The Morgan fingerprint density at radius 2 is 1.85 bits per heavy atom. The topological polar surface area (TPSA) is 41.5 Å². The van der Waals surface area contributed by atoms with Crippen molar-refractivity contribution in [2.75, 3.05) is 13.2 Å². The van der Waals surface area contributed by atoms with Crippen LogP contribution < -0.4 is 10.1 Å². The van der Waals surface area contributed by atoms with Crippen molar-refractivity contribution in [1.29, 1.82) is 0 Å². The second-order valence-corrected chi connectivity index (χ2v) is 5.98. The Bertz CT molecular complexity index is 373. The summed E-state index contributed by atoms with van der Waals surface area (Å²) >= 11 is 0. The van der Waals surface area contributed by atoms with Gasteiger partial charge in [-0.25, -0.2) is 0 Å². The fourth-order valence-electron chi connectivity index (χ4n) is 2.18. The van der Waals surface area contributed by atoms with Crippen molar-refractivity contribution in [2.24, 2.45) is 0 Å². The van der Waals surface area contributed by atoms with Gasteiger partial charge in [-0.3, -0.25) is 0 Å². The van der Waals surface area contributed by atoms with E-state index in [0.29, 0.717) is 13.2 Å². The molecule has 3 heteroatoms. The largest absolute Gasteiger partial charge is 0.491 e. The van der Waals surface area contributed by atoms with Gasteiger partial charge in [0.05, 0.1) is 0 Å². The Hall–Kier alpha value is -1.06. The highest BCUT2D eigenvalue weighted by molar-refractivity contribution is 5.27. The average Bonchev–Trinajstić information content (AvgIpc) is 2.43. The van der Waals surface area contributed by atoms with Crippen LogP contribution in [0.2, 0.25) is 0 Å². The smallest absolute Gasteiger partial charge is 0.119 e. The van der Waals surface area contributed by atoms with Gasteiger partial charge in [0.15, 0.2) is 0 Å². The van der Waals surface area contributed by atoms with Crippen molar-refractivity contribution in [3.8, 4) is 5.75 Å². The average molecular weight is 279 g/mol. The van der Waals surface area contributed by atoms with Gasteiger partial charge in [0.25, 0.3) is 0 Å². The zero-order chi connectivity index (χ0) is 15.0. The molecule has 0 amide bonds. The van der Waals surface area contributed by atoms with Gasteiger partial charge in [-0.2, -0.15) is 0 Å². The molecule has 0 bridgehead atoms. The third-order valence-corrected chi connectivity index (χ3v) is 3.47. The normalized spacial score (nSPS) is 13.2. The number of nitrogens with one attached hydrogen (secondary N) is 1. The maximum Gasteiger partial charge on any atom is 0.119 e. The Kier molecular flexibility index (Phi) is 7.03. The Morgan fingerprint density at radius 1 is 1.20 bits per heavy atom. The van der Waals surface area contributed by atoms with Gasteiger partial charge in [-0.1, -0.05) is 32.4 Å². The summed E-state index contributed by atoms with van der Waals surface area (Å²) in [6, 6.07) is 8.04. The minimum Gasteiger partial charge on any atom is -0.491 e. The van der Waals surface area contributed by atoms with E-state index in [2.05, 4.69) is 45.1 Å². The van der Waals surface area contributed by atoms with Crippen molar-refractivity contribution < 1.29 is 9.84 Å². The number of aliphatic hydroxyl groups is 1. The lowest BCUT2D eigenvalue weighted by atomic mass is 9.99. The van der Waals surface area contributed by atoms with E-state index in [1.807, 2.05) is 12.1 Å². The maximum absolute atomic E-state index is 9.96. The highest BCUT2D eigenvalue weighted by Gasteiger charge is 2.17. The zero-order valence-electron chi connectivity index (χ0n) is 13.3. The monoisotopic (exact) mass is 279 g/mol. The van der Waals surface area contributed by atoms with E-state index in [9.17, 15) is 5.11 Å². The summed E-state index contributed by atoms with van der Waals surface area (Å²) in [5.41, 5.74) is 1.36. The number of β-amino-alcohol motifs (C(OH)–C–C–N with tert-alkyl or cyclic N) is 1. The molecular weight excluding hydrogens is 250 g/mol. The van der Waals surface area contributed by atoms with E-state index in [1.165, 1.54) is 5.56 Å². The number of ether oxygens (including phenoxy) is 1. The molecule has 0 aliphatic carbocycles. The molecule has 114 valence electrons. The molecule has 0 saturated carbocycles. The molecule has 1 rings (SSSR count). The summed E-state index contributed by atoms with van der Waals surface area (Å²) in [6.07, 6.45) is 2.77. The number of aliphatic hydroxyl groups excluding tert-OH is 1. The summed E-state index contributed by atoms with van der Waals surface area (Å²) in [5, 5.41) is 13.3. The summed E-state index contributed by atoms with van der Waals surface area (Å²) in [4.78, 5) is 0. The molecule has 0 saturated heterocycles. The van der Waals surface area contributed by atoms with Crippen LogP contribution in [0.25, 0.3) is 0 Å². The second kappa shape index (κ2) is 8.28. The fraction of sp³-hybridized carbons (Fsp3) is 0.647. The number of hydrogen-bond acceptors (Lipinski definition) is 3. The summed E-state index contributed by atoms with van der Waals surface area (Å²) < 4.78 is 5.60. The third kappa shape index (κ3) is 6.40. The van der Waals surface area contributed by atoms with Gasteiger partial charge in [0, 0.05) is 12.1 Å².